The van der Waals surface area contributed by atoms with E-state index in [9.17, 15) is 9.59 Å². The number of aryl methyl sites for hydroxylation is 3. The lowest BCUT2D eigenvalue weighted by molar-refractivity contribution is -0.116. The van der Waals surface area contributed by atoms with Gasteiger partial charge in [-0.05, 0) is 55.0 Å². The van der Waals surface area contributed by atoms with Crippen molar-refractivity contribution in [3.05, 3.63) is 58.1 Å². The predicted molar refractivity (Wildman–Crippen MR) is 115 cm³/mol. The van der Waals surface area contributed by atoms with Crippen molar-refractivity contribution in [2.75, 3.05) is 19.5 Å². The molecule has 2 aromatic carbocycles. The number of hydrogen-bond donors (Lipinski definition) is 1. The summed E-state index contributed by atoms with van der Waals surface area (Å²) in [7, 11) is 3.07. The highest BCUT2D eigenvalue weighted by atomic mass is 16.5. The summed E-state index contributed by atoms with van der Waals surface area (Å²) in [6.07, 6.45) is 5.75. The van der Waals surface area contributed by atoms with Gasteiger partial charge in [0, 0.05) is 24.7 Å². The minimum atomic E-state index is -0.167. The molecular weight excluding hydrogens is 382 g/mol. The molecule has 0 saturated heterocycles. The summed E-state index contributed by atoms with van der Waals surface area (Å²) < 4.78 is 12.1. The van der Waals surface area contributed by atoms with Crippen molar-refractivity contribution >= 4 is 22.5 Å². The SMILES string of the molecule is COc1cc2ncn(CCCC(=O)Nc3ccc4c(c3)CCC4)c(=O)c2cc1OC. The molecule has 0 aliphatic heterocycles. The Morgan fingerprint density at radius 2 is 1.87 bits per heavy atom. The van der Waals surface area contributed by atoms with Gasteiger partial charge in [-0.15, -0.1) is 0 Å². The average molecular weight is 407 g/mol. The third-order valence-corrected chi connectivity index (χ3v) is 5.51. The minimum absolute atomic E-state index is 0.0545. The minimum Gasteiger partial charge on any atom is -0.493 e. The van der Waals surface area contributed by atoms with Crippen molar-refractivity contribution in [2.24, 2.45) is 0 Å². The molecule has 7 heteroatoms. The number of carbonyl (C=O) groups is 1. The second kappa shape index (κ2) is 8.57. The van der Waals surface area contributed by atoms with Gasteiger partial charge in [0.05, 0.1) is 31.4 Å². The Labute approximate surface area is 174 Å². The fraction of sp³-hybridized carbons (Fsp3) is 0.348. The lowest BCUT2D eigenvalue weighted by Gasteiger charge is -2.11. The van der Waals surface area contributed by atoms with Gasteiger partial charge in [-0.3, -0.25) is 14.2 Å². The van der Waals surface area contributed by atoms with E-state index in [1.807, 2.05) is 6.07 Å². The van der Waals surface area contributed by atoms with Gasteiger partial charge >= 0.3 is 0 Å². The molecule has 0 unspecified atom stereocenters. The van der Waals surface area contributed by atoms with Gasteiger partial charge < -0.3 is 14.8 Å². The molecule has 0 radical (unpaired) electrons. The summed E-state index contributed by atoms with van der Waals surface area (Å²) in [6.45, 7) is 0.410. The lowest BCUT2D eigenvalue weighted by Crippen LogP contribution is -2.22. The predicted octanol–water partition coefficient (Wildman–Crippen LogP) is 3.32. The summed E-state index contributed by atoms with van der Waals surface area (Å²) in [5.41, 5.74) is 3.92. The summed E-state index contributed by atoms with van der Waals surface area (Å²) >= 11 is 0. The first-order chi connectivity index (χ1) is 14.6. The highest BCUT2D eigenvalue weighted by Gasteiger charge is 2.13. The van der Waals surface area contributed by atoms with Gasteiger partial charge in [-0.25, -0.2) is 4.98 Å². The molecule has 1 heterocycles. The van der Waals surface area contributed by atoms with E-state index >= 15 is 0 Å². The summed E-state index contributed by atoms with van der Waals surface area (Å²) in [4.78, 5) is 29.5. The molecule has 1 N–H and O–H groups in total. The molecule has 30 heavy (non-hydrogen) atoms. The molecular formula is C23H25N3O4. The van der Waals surface area contributed by atoms with Crippen LogP contribution in [0.4, 0.5) is 5.69 Å². The van der Waals surface area contributed by atoms with E-state index in [1.165, 1.54) is 35.6 Å². The molecule has 7 nitrogen and oxygen atoms in total. The molecule has 156 valence electrons. The summed E-state index contributed by atoms with van der Waals surface area (Å²) in [5.74, 6) is 0.953. The Hall–Kier alpha value is -3.35. The Bertz CT molecular complexity index is 1150. The topological polar surface area (TPSA) is 82.5 Å². The fourth-order valence-corrected chi connectivity index (χ4v) is 3.93. The van der Waals surface area contributed by atoms with Crippen LogP contribution in [-0.2, 0) is 24.2 Å². The first-order valence-corrected chi connectivity index (χ1v) is 10.1. The molecule has 3 aromatic rings. The molecule has 4 rings (SSSR count). The molecule has 0 bridgehead atoms. The Morgan fingerprint density at radius 3 is 2.67 bits per heavy atom. The number of hydrogen-bond acceptors (Lipinski definition) is 5. The zero-order valence-corrected chi connectivity index (χ0v) is 17.2. The molecule has 0 atom stereocenters. The number of rotatable bonds is 7. The van der Waals surface area contributed by atoms with Gasteiger partial charge in [-0.1, -0.05) is 6.07 Å². The largest absolute Gasteiger partial charge is 0.493 e. The Kier molecular flexibility index (Phi) is 5.70. The standard InChI is InChI=1S/C23H25N3O4/c1-29-20-12-18-19(13-21(20)30-2)24-14-26(23(18)28)10-4-7-22(27)25-17-9-8-15-5-3-6-16(15)11-17/h8-9,11-14H,3-7,10H2,1-2H3,(H,25,27). The normalized spacial score (nSPS) is 12.6. The summed E-state index contributed by atoms with van der Waals surface area (Å²) in [6, 6.07) is 9.45. The highest BCUT2D eigenvalue weighted by molar-refractivity contribution is 5.90. The first-order valence-electron chi connectivity index (χ1n) is 10.1. The first kappa shape index (κ1) is 19.9. The smallest absolute Gasteiger partial charge is 0.261 e. The van der Waals surface area contributed by atoms with Crippen LogP contribution in [0.3, 0.4) is 0 Å². The molecule has 1 amide bonds. The van der Waals surface area contributed by atoms with E-state index in [0.29, 0.717) is 41.8 Å². The molecule has 1 aliphatic rings. The number of nitrogens with zero attached hydrogens (tertiary/aromatic N) is 2. The van der Waals surface area contributed by atoms with Gasteiger partial charge in [0.1, 0.15) is 0 Å². The second-order valence-corrected chi connectivity index (χ2v) is 7.46. The molecule has 1 aliphatic carbocycles. The van der Waals surface area contributed by atoms with E-state index < -0.39 is 0 Å². The van der Waals surface area contributed by atoms with Crippen molar-refractivity contribution < 1.29 is 14.3 Å². The molecule has 0 fully saturated rings. The van der Waals surface area contributed by atoms with Crippen LogP contribution in [0.25, 0.3) is 10.9 Å². The molecule has 0 saturated carbocycles. The van der Waals surface area contributed by atoms with Gasteiger partial charge in [0.15, 0.2) is 11.5 Å². The maximum atomic E-state index is 12.8. The number of nitrogens with one attached hydrogen (secondary N) is 1. The highest BCUT2D eigenvalue weighted by Crippen LogP contribution is 2.30. The van der Waals surface area contributed by atoms with E-state index in [4.69, 9.17) is 9.47 Å². The maximum Gasteiger partial charge on any atom is 0.261 e. The summed E-state index contributed by atoms with van der Waals surface area (Å²) in [5, 5.41) is 3.41. The number of amides is 1. The van der Waals surface area contributed by atoms with Crippen molar-refractivity contribution in [3.8, 4) is 11.5 Å². The number of aromatic nitrogens is 2. The molecule has 0 spiro atoms. The number of benzene rings is 2. The number of ether oxygens (including phenoxy) is 2. The average Bonchev–Trinajstić information content (AvgIpc) is 3.22. The van der Waals surface area contributed by atoms with E-state index in [-0.39, 0.29) is 11.5 Å². The van der Waals surface area contributed by atoms with E-state index in [1.54, 1.807) is 19.2 Å². The number of fused-ring (bicyclic) bond motifs is 2. The number of methoxy groups -OCH3 is 2. The molecule has 1 aromatic heterocycles. The second-order valence-electron chi connectivity index (χ2n) is 7.46. The van der Waals surface area contributed by atoms with Crippen LogP contribution >= 0.6 is 0 Å². The van der Waals surface area contributed by atoms with E-state index in [2.05, 4.69) is 22.4 Å². The van der Waals surface area contributed by atoms with Crippen LogP contribution in [0.15, 0.2) is 41.5 Å². The van der Waals surface area contributed by atoms with Crippen LogP contribution in [0.2, 0.25) is 0 Å². The quantitative estimate of drug-likeness (QED) is 0.650. The third-order valence-electron chi connectivity index (χ3n) is 5.51. The van der Waals surface area contributed by atoms with Gasteiger partial charge in [-0.2, -0.15) is 0 Å². The van der Waals surface area contributed by atoms with Crippen LogP contribution in [-0.4, -0.2) is 29.7 Å². The van der Waals surface area contributed by atoms with Crippen molar-refractivity contribution in [2.45, 2.75) is 38.6 Å². The third kappa shape index (κ3) is 4.01. The van der Waals surface area contributed by atoms with Crippen LogP contribution in [0, 0.1) is 0 Å². The monoisotopic (exact) mass is 407 g/mol. The van der Waals surface area contributed by atoms with Gasteiger partial charge in [0.25, 0.3) is 5.56 Å². The lowest BCUT2D eigenvalue weighted by atomic mass is 10.1. The maximum absolute atomic E-state index is 12.8. The van der Waals surface area contributed by atoms with Crippen LogP contribution < -0.4 is 20.3 Å². The number of carbonyl (C=O) groups excluding carboxylic acids is 1. The van der Waals surface area contributed by atoms with Crippen molar-refractivity contribution in [3.63, 3.8) is 0 Å². The van der Waals surface area contributed by atoms with E-state index in [0.717, 1.165) is 18.5 Å². The Balaban J connectivity index is 1.40. The zero-order valence-electron chi connectivity index (χ0n) is 17.2. The zero-order chi connectivity index (χ0) is 21.1. The Morgan fingerprint density at radius 1 is 1.10 bits per heavy atom. The number of anilines is 1. The van der Waals surface area contributed by atoms with Crippen molar-refractivity contribution in [1.29, 1.82) is 0 Å². The fourth-order valence-electron chi connectivity index (χ4n) is 3.93. The van der Waals surface area contributed by atoms with Crippen LogP contribution in [0.1, 0.15) is 30.4 Å². The van der Waals surface area contributed by atoms with Crippen LogP contribution in [0.5, 0.6) is 11.5 Å². The van der Waals surface area contributed by atoms with Crippen molar-refractivity contribution in [1.82, 2.24) is 9.55 Å². The van der Waals surface area contributed by atoms with Gasteiger partial charge in [0.2, 0.25) is 5.91 Å².